The zero-order chi connectivity index (χ0) is 21.2. The molecule has 3 heterocycles. The van der Waals surface area contributed by atoms with Crippen LogP contribution in [0, 0.1) is 5.92 Å². The van der Waals surface area contributed by atoms with Crippen LogP contribution in [0.15, 0.2) is 42.5 Å². The molecule has 1 saturated heterocycles. The molecule has 0 spiro atoms. The standard InChI is InChI=1S/C27H32N2O2.ClH/c30-25(24-18-22-7-9-26(31)29-17-13-23(19-24)27(22)29)8-6-21-11-15-28(16-12-21)14-10-20-4-2-1-3-5-20;/h1-5,18-19,21H,6-17H2;1H. The summed E-state index contributed by atoms with van der Waals surface area (Å²) in [6.07, 6.45) is 7.42. The summed E-state index contributed by atoms with van der Waals surface area (Å²) < 4.78 is 0. The third kappa shape index (κ3) is 4.92. The number of Topliss-reactive ketones (excluding diaryl/α,β-unsaturated/α-hetero) is 1. The predicted octanol–water partition coefficient (Wildman–Crippen LogP) is 4.86. The lowest BCUT2D eigenvalue weighted by Crippen LogP contribution is -2.35. The maximum atomic E-state index is 13.0. The molecule has 4 nitrogen and oxygen atoms in total. The van der Waals surface area contributed by atoms with E-state index in [1.807, 2.05) is 4.90 Å². The Balaban J connectivity index is 0.00000245. The molecule has 32 heavy (non-hydrogen) atoms. The fraction of sp³-hybridized carbons (Fsp3) is 0.481. The Morgan fingerprint density at radius 1 is 0.938 bits per heavy atom. The molecule has 0 aromatic heterocycles. The van der Waals surface area contributed by atoms with E-state index < -0.39 is 0 Å². The van der Waals surface area contributed by atoms with E-state index in [0.29, 0.717) is 18.8 Å². The summed E-state index contributed by atoms with van der Waals surface area (Å²) in [5.74, 6) is 1.18. The van der Waals surface area contributed by atoms with Crippen molar-refractivity contribution in [3.05, 3.63) is 64.7 Å². The summed E-state index contributed by atoms with van der Waals surface area (Å²) in [5.41, 5.74) is 5.78. The molecule has 2 aromatic carbocycles. The highest BCUT2D eigenvalue weighted by Crippen LogP contribution is 2.38. The molecule has 3 aliphatic heterocycles. The van der Waals surface area contributed by atoms with Crippen LogP contribution in [-0.2, 0) is 24.1 Å². The summed E-state index contributed by atoms with van der Waals surface area (Å²) >= 11 is 0. The van der Waals surface area contributed by atoms with Gasteiger partial charge < -0.3 is 9.80 Å². The van der Waals surface area contributed by atoms with Crippen LogP contribution < -0.4 is 4.90 Å². The molecule has 3 aliphatic rings. The van der Waals surface area contributed by atoms with Gasteiger partial charge in [-0.3, -0.25) is 9.59 Å². The van der Waals surface area contributed by atoms with Gasteiger partial charge in [0, 0.05) is 31.5 Å². The number of nitrogens with zero attached hydrogens (tertiary/aromatic N) is 2. The average Bonchev–Trinajstić information content (AvgIpc) is 3.25. The minimum Gasteiger partial charge on any atom is -0.312 e. The maximum Gasteiger partial charge on any atom is 0.227 e. The van der Waals surface area contributed by atoms with Crippen LogP contribution in [0.4, 0.5) is 5.69 Å². The molecule has 0 atom stereocenters. The first-order chi connectivity index (χ1) is 15.2. The Kier molecular flexibility index (Phi) is 7.32. The lowest BCUT2D eigenvalue weighted by atomic mass is 9.89. The highest BCUT2D eigenvalue weighted by Gasteiger charge is 2.32. The van der Waals surface area contributed by atoms with Crippen molar-refractivity contribution in [1.29, 1.82) is 0 Å². The molecule has 5 rings (SSSR count). The van der Waals surface area contributed by atoms with Gasteiger partial charge in [0.2, 0.25) is 5.91 Å². The Morgan fingerprint density at radius 2 is 1.66 bits per heavy atom. The Morgan fingerprint density at radius 3 is 2.41 bits per heavy atom. The molecule has 2 aromatic rings. The molecule has 170 valence electrons. The lowest BCUT2D eigenvalue weighted by Gasteiger charge is -2.32. The number of halogens is 1. The smallest absolute Gasteiger partial charge is 0.227 e. The third-order valence-electron chi connectivity index (χ3n) is 7.42. The van der Waals surface area contributed by atoms with Crippen LogP contribution in [0.5, 0.6) is 0 Å². The van der Waals surface area contributed by atoms with E-state index in [-0.39, 0.29) is 24.1 Å². The van der Waals surface area contributed by atoms with Crippen LogP contribution >= 0.6 is 12.4 Å². The number of aryl methyl sites for hydroxylation is 1. The Bertz CT molecular complexity index is 967. The molecular formula is C27H33ClN2O2. The normalized spacial score (nSPS) is 18.4. The van der Waals surface area contributed by atoms with Gasteiger partial charge >= 0.3 is 0 Å². The zero-order valence-electron chi connectivity index (χ0n) is 18.7. The second kappa shape index (κ2) is 10.2. The quantitative estimate of drug-likeness (QED) is 0.563. The van der Waals surface area contributed by atoms with Crippen molar-refractivity contribution in [3.63, 3.8) is 0 Å². The molecule has 0 N–H and O–H groups in total. The molecule has 5 heteroatoms. The minimum absolute atomic E-state index is 0. The second-order valence-corrected chi connectivity index (χ2v) is 9.42. The topological polar surface area (TPSA) is 40.6 Å². The molecule has 0 bridgehead atoms. The molecule has 0 unspecified atom stereocenters. The van der Waals surface area contributed by atoms with Gasteiger partial charge in [-0.1, -0.05) is 30.3 Å². The van der Waals surface area contributed by atoms with Gasteiger partial charge in [-0.05, 0) is 86.4 Å². The number of piperidine rings is 1. The summed E-state index contributed by atoms with van der Waals surface area (Å²) in [6, 6.07) is 14.9. The van der Waals surface area contributed by atoms with Crippen LogP contribution in [0.25, 0.3) is 0 Å². The van der Waals surface area contributed by atoms with Crippen molar-refractivity contribution < 1.29 is 9.59 Å². The maximum absolute atomic E-state index is 13.0. The molecule has 0 radical (unpaired) electrons. The van der Waals surface area contributed by atoms with E-state index in [2.05, 4.69) is 47.4 Å². The summed E-state index contributed by atoms with van der Waals surface area (Å²) in [7, 11) is 0. The number of benzene rings is 2. The first-order valence-electron chi connectivity index (χ1n) is 11.9. The van der Waals surface area contributed by atoms with E-state index in [1.165, 1.54) is 29.5 Å². The number of amides is 1. The monoisotopic (exact) mass is 452 g/mol. The number of hydrogen-bond acceptors (Lipinski definition) is 3. The van der Waals surface area contributed by atoms with Crippen molar-refractivity contribution in [1.82, 2.24) is 4.90 Å². The van der Waals surface area contributed by atoms with E-state index >= 15 is 0 Å². The van der Waals surface area contributed by atoms with Gasteiger partial charge in [0.15, 0.2) is 5.78 Å². The average molecular weight is 453 g/mol. The lowest BCUT2D eigenvalue weighted by molar-refractivity contribution is -0.118. The largest absolute Gasteiger partial charge is 0.312 e. The van der Waals surface area contributed by atoms with Gasteiger partial charge in [-0.15, -0.1) is 12.4 Å². The van der Waals surface area contributed by atoms with Crippen molar-refractivity contribution in [2.24, 2.45) is 5.92 Å². The Labute approximate surface area is 197 Å². The van der Waals surface area contributed by atoms with Crippen LogP contribution in [-0.4, -0.2) is 42.8 Å². The first kappa shape index (κ1) is 23.0. The van der Waals surface area contributed by atoms with Gasteiger partial charge in [-0.2, -0.15) is 0 Å². The van der Waals surface area contributed by atoms with Crippen molar-refractivity contribution in [3.8, 4) is 0 Å². The molecule has 1 fully saturated rings. The van der Waals surface area contributed by atoms with E-state index in [9.17, 15) is 9.59 Å². The SMILES string of the molecule is Cl.O=C(CCC1CCN(CCc2ccccc2)CC1)c1cc2c3c(c1)CCN3C(=O)CC2. The second-order valence-electron chi connectivity index (χ2n) is 9.42. The van der Waals surface area contributed by atoms with Crippen LogP contribution in [0.2, 0.25) is 0 Å². The van der Waals surface area contributed by atoms with Crippen LogP contribution in [0.3, 0.4) is 0 Å². The van der Waals surface area contributed by atoms with Crippen LogP contribution in [0.1, 0.15) is 59.2 Å². The van der Waals surface area contributed by atoms with E-state index in [4.69, 9.17) is 0 Å². The summed E-state index contributed by atoms with van der Waals surface area (Å²) in [5, 5.41) is 0. The van der Waals surface area contributed by atoms with Crippen molar-refractivity contribution in [2.75, 3.05) is 31.1 Å². The highest BCUT2D eigenvalue weighted by atomic mass is 35.5. The highest BCUT2D eigenvalue weighted by molar-refractivity contribution is 6.02. The molecule has 1 amide bonds. The van der Waals surface area contributed by atoms with E-state index in [1.54, 1.807) is 0 Å². The number of anilines is 1. The molecule has 0 saturated carbocycles. The van der Waals surface area contributed by atoms with Crippen molar-refractivity contribution >= 4 is 29.8 Å². The summed E-state index contributed by atoms with van der Waals surface area (Å²) in [4.78, 5) is 29.6. The van der Waals surface area contributed by atoms with Crippen molar-refractivity contribution in [2.45, 2.75) is 51.4 Å². The molecular weight excluding hydrogens is 420 g/mol. The van der Waals surface area contributed by atoms with E-state index in [0.717, 1.165) is 63.1 Å². The molecule has 0 aliphatic carbocycles. The minimum atomic E-state index is 0. The predicted molar refractivity (Wildman–Crippen MR) is 131 cm³/mol. The number of rotatable bonds is 7. The van der Waals surface area contributed by atoms with Gasteiger partial charge in [0.05, 0.1) is 5.69 Å². The van der Waals surface area contributed by atoms with Gasteiger partial charge in [-0.25, -0.2) is 0 Å². The zero-order valence-corrected chi connectivity index (χ0v) is 19.5. The number of ketones is 1. The third-order valence-corrected chi connectivity index (χ3v) is 7.42. The first-order valence-corrected chi connectivity index (χ1v) is 11.9. The number of hydrogen-bond donors (Lipinski definition) is 0. The number of carbonyl (C=O) groups is 2. The summed E-state index contributed by atoms with van der Waals surface area (Å²) in [6.45, 7) is 4.21. The van der Waals surface area contributed by atoms with Gasteiger partial charge in [0.25, 0.3) is 0 Å². The number of likely N-dealkylation sites (tertiary alicyclic amines) is 1. The van der Waals surface area contributed by atoms with Gasteiger partial charge in [0.1, 0.15) is 0 Å². The number of carbonyl (C=O) groups excluding carboxylic acids is 2. The fourth-order valence-electron chi connectivity index (χ4n) is 5.53. The fourth-order valence-corrected chi connectivity index (χ4v) is 5.53. The Hall–Kier alpha value is -2.17.